The molecule has 0 spiro atoms. The van der Waals surface area contributed by atoms with E-state index in [-0.39, 0.29) is 11.6 Å². The lowest BCUT2D eigenvalue weighted by Crippen LogP contribution is -2.29. The van der Waals surface area contributed by atoms with Crippen molar-refractivity contribution in [1.29, 1.82) is 0 Å². The van der Waals surface area contributed by atoms with Gasteiger partial charge in [-0.3, -0.25) is 15.0 Å². The van der Waals surface area contributed by atoms with Crippen molar-refractivity contribution in [1.82, 2.24) is 10.4 Å². The Balaban J connectivity index is 2.03. The first-order chi connectivity index (χ1) is 9.63. The minimum atomic E-state index is -0.449. The minimum Gasteiger partial charge on any atom is -0.486 e. The number of rotatable bonds is 5. The fourth-order valence-electron chi connectivity index (χ4n) is 1.40. The van der Waals surface area contributed by atoms with Crippen molar-refractivity contribution in [2.75, 3.05) is 0 Å². The number of thiazole rings is 1. The van der Waals surface area contributed by atoms with Gasteiger partial charge in [0.15, 0.2) is 5.01 Å². The third-order valence-electron chi connectivity index (χ3n) is 2.34. The number of nitrogen functional groups attached to an aromatic ring is 1. The number of carbonyl (C=O) groups excluding carboxylic acids is 2. The standard InChI is InChI=1S/C12H10ClN3O3S/c13-9-3-7(4-17)1-2-10(9)19-5-8-6-20-12(15-8)11(18)16-14/h1-4,6H,5,14H2,(H,16,18). The number of nitrogens with zero attached hydrogens (tertiary/aromatic N) is 1. The van der Waals surface area contributed by atoms with Crippen molar-refractivity contribution >= 4 is 35.1 Å². The number of aldehydes is 1. The second kappa shape index (κ2) is 6.47. The number of nitrogens with one attached hydrogen (secondary N) is 1. The van der Waals surface area contributed by atoms with Crippen molar-refractivity contribution in [2.45, 2.75) is 6.61 Å². The van der Waals surface area contributed by atoms with Gasteiger partial charge >= 0.3 is 0 Å². The van der Waals surface area contributed by atoms with Crippen LogP contribution in [0.2, 0.25) is 5.02 Å². The second-order valence-electron chi connectivity index (χ2n) is 3.71. The van der Waals surface area contributed by atoms with E-state index in [0.29, 0.717) is 28.3 Å². The first kappa shape index (κ1) is 14.4. The molecular formula is C12H10ClN3O3S. The highest BCUT2D eigenvalue weighted by atomic mass is 35.5. The Hall–Kier alpha value is -1.96. The largest absolute Gasteiger partial charge is 0.486 e. The number of halogens is 1. The van der Waals surface area contributed by atoms with Crippen molar-refractivity contribution in [3.63, 3.8) is 0 Å². The van der Waals surface area contributed by atoms with Crippen LogP contribution in [0.15, 0.2) is 23.6 Å². The van der Waals surface area contributed by atoms with E-state index in [0.717, 1.165) is 0 Å². The zero-order valence-corrected chi connectivity index (χ0v) is 11.7. The Morgan fingerprint density at radius 1 is 1.55 bits per heavy atom. The van der Waals surface area contributed by atoms with E-state index in [4.69, 9.17) is 22.2 Å². The third-order valence-corrected chi connectivity index (χ3v) is 3.53. The summed E-state index contributed by atoms with van der Waals surface area (Å²) in [5, 5.41) is 2.29. The van der Waals surface area contributed by atoms with E-state index in [1.807, 2.05) is 5.43 Å². The van der Waals surface area contributed by atoms with Crippen LogP contribution in [0, 0.1) is 0 Å². The number of nitrogens with two attached hydrogens (primary N) is 1. The van der Waals surface area contributed by atoms with Crippen molar-refractivity contribution in [2.24, 2.45) is 5.84 Å². The van der Waals surface area contributed by atoms with Crippen LogP contribution in [-0.2, 0) is 6.61 Å². The van der Waals surface area contributed by atoms with Gasteiger partial charge < -0.3 is 4.74 Å². The molecule has 6 nitrogen and oxygen atoms in total. The van der Waals surface area contributed by atoms with Gasteiger partial charge in [-0.2, -0.15) is 0 Å². The maximum Gasteiger partial charge on any atom is 0.294 e. The number of hydrogen-bond donors (Lipinski definition) is 2. The van der Waals surface area contributed by atoms with Gasteiger partial charge in [0, 0.05) is 10.9 Å². The van der Waals surface area contributed by atoms with Crippen molar-refractivity contribution < 1.29 is 14.3 Å². The van der Waals surface area contributed by atoms with Crippen LogP contribution in [0.25, 0.3) is 0 Å². The minimum absolute atomic E-state index is 0.161. The van der Waals surface area contributed by atoms with Gasteiger partial charge in [0.05, 0.1) is 10.7 Å². The van der Waals surface area contributed by atoms with Gasteiger partial charge in [0.2, 0.25) is 0 Å². The fraction of sp³-hybridized carbons (Fsp3) is 0.0833. The van der Waals surface area contributed by atoms with E-state index < -0.39 is 5.91 Å². The van der Waals surface area contributed by atoms with Crippen LogP contribution < -0.4 is 16.0 Å². The Bertz CT molecular complexity index is 645. The summed E-state index contributed by atoms with van der Waals surface area (Å²) in [7, 11) is 0. The molecule has 104 valence electrons. The highest BCUT2D eigenvalue weighted by molar-refractivity contribution is 7.11. The van der Waals surface area contributed by atoms with Gasteiger partial charge in [0.1, 0.15) is 18.6 Å². The molecule has 1 aromatic heterocycles. The summed E-state index contributed by atoms with van der Waals surface area (Å²) >= 11 is 7.14. The molecule has 0 saturated heterocycles. The lowest BCUT2D eigenvalue weighted by Gasteiger charge is -2.06. The van der Waals surface area contributed by atoms with E-state index in [1.54, 1.807) is 17.5 Å². The Morgan fingerprint density at radius 2 is 2.35 bits per heavy atom. The number of benzene rings is 1. The first-order valence-corrected chi connectivity index (χ1v) is 6.72. The number of hydrogen-bond acceptors (Lipinski definition) is 6. The fourth-order valence-corrected chi connectivity index (χ4v) is 2.35. The van der Waals surface area contributed by atoms with E-state index in [2.05, 4.69) is 4.98 Å². The third kappa shape index (κ3) is 3.32. The van der Waals surface area contributed by atoms with Gasteiger partial charge in [0.25, 0.3) is 5.91 Å². The molecule has 0 saturated carbocycles. The molecule has 20 heavy (non-hydrogen) atoms. The number of aromatic nitrogens is 1. The smallest absolute Gasteiger partial charge is 0.294 e. The normalized spacial score (nSPS) is 10.1. The lowest BCUT2D eigenvalue weighted by atomic mass is 10.2. The summed E-state index contributed by atoms with van der Waals surface area (Å²) in [4.78, 5) is 25.9. The predicted octanol–water partition coefficient (Wildman–Crippen LogP) is 1.79. The SMILES string of the molecule is NNC(=O)c1nc(COc2ccc(C=O)cc2Cl)cs1. The summed E-state index contributed by atoms with van der Waals surface area (Å²) in [5.41, 5.74) is 3.06. The van der Waals surface area contributed by atoms with Gasteiger partial charge in [-0.1, -0.05) is 11.6 Å². The van der Waals surface area contributed by atoms with Crippen LogP contribution in [0.5, 0.6) is 5.75 Å². The Labute approximate surface area is 123 Å². The number of hydrazine groups is 1. The maximum atomic E-state index is 11.2. The number of amides is 1. The molecule has 2 aromatic rings. The van der Waals surface area contributed by atoms with E-state index in [1.165, 1.54) is 17.4 Å². The first-order valence-electron chi connectivity index (χ1n) is 5.47. The highest BCUT2D eigenvalue weighted by Gasteiger charge is 2.10. The second-order valence-corrected chi connectivity index (χ2v) is 4.98. The molecule has 2 rings (SSSR count). The van der Waals surface area contributed by atoms with Crippen LogP contribution >= 0.6 is 22.9 Å². The number of carbonyl (C=O) groups is 2. The van der Waals surface area contributed by atoms with Crippen molar-refractivity contribution in [3.05, 3.63) is 44.9 Å². The molecule has 0 unspecified atom stereocenters. The zero-order chi connectivity index (χ0) is 14.5. The summed E-state index contributed by atoms with van der Waals surface area (Å²) in [6.45, 7) is 0.161. The topological polar surface area (TPSA) is 94.3 Å². The molecule has 1 amide bonds. The number of ether oxygens (including phenoxy) is 1. The van der Waals surface area contributed by atoms with Gasteiger partial charge in [-0.25, -0.2) is 10.8 Å². The van der Waals surface area contributed by atoms with Gasteiger partial charge in [-0.15, -0.1) is 11.3 Å². The quantitative estimate of drug-likeness (QED) is 0.380. The molecule has 0 bridgehead atoms. The molecule has 0 radical (unpaired) electrons. The average molecular weight is 312 g/mol. The molecule has 3 N–H and O–H groups in total. The van der Waals surface area contributed by atoms with Crippen LogP contribution in [0.3, 0.4) is 0 Å². The van der Waals surface area contributed by atoms with Crippen LogP contribution in [-0.4, -0.2) is 17.2 Å². The summed E-state index contributed by atoms with van der Waals surface area (Å²) < 4.78 is 5.48. The molecule has 1 aromatic carbocycles. The average Bonchev–Trinajstić information content (AvgIpc) is 2.94. The maximum absolute atomic E-state index is 11.2. The van der Waals surface area contributed by atoms with Crippen LogP contribution in [0.1, 0.15) is 25.9 Å². The molecule has 0 aliphatic heterocycles. The molecule has 1 heterocycles. The molecule has 0 fully saturated rings. The summed E-state index contributed by atoms with van der Waals surface area (Å²) in [6, 6.07) is 4.72. The van der Waals surface area contributed by atoms with Crippen LogP contribution in [0.4, 0.5) is 0 Å². The summed E-state index contributed by atoms with van der Waals surface area (Å²) in [5.74, 6) is 5.01. The zero-order valence-electron chi connectivity index (χ0n) is 10.1. The molecule has 0 atom stereocenters. The monoisotopic (exact) mass is 311 g/mol. The molecule has 0 aliphatic carbocycles. The van der Waals surface area contributed by atoms with E-state index in [9.17, 15) is 9.59 Å². The molecule has 0 aliphatic rings. The Morgan fingerprint density at radius 3 is 3.00 bits per heavy atom. The molecular weight excluding hydrogens is 302 g/mol. The lowest BCUT2D eigenvalue weighted by molar-refractivity contribution is 0.0952. The predicted molar refractivity (Wildman–Crippen MR) is 74.9 cm³/mol. The molecule has 8 heteroatoms. The Kier molecular flexibility index (Phi) is 4.67. The van der Waals surface area contributed by atoms with E-state index >= 15 is 0 Å². The summed E-state index contributed by atoms with van der Waals surface area (Å²) in [6.07, 6.45) is 0.702. The van der Waals surface area contributed by atoms with Gasteiger partial charge in [-0.05, 0) is 18.2 Å². The highest BCUT2D eigenvalue weighted by Crippen LogP contribution is 2.26. The van der Waals surface area contributed by atoms with Crippen molar-refractivity contribution in [3.8, 4) is 5.75 Å².